The summed E-state index contributed by atoms with van der Waals surface area (Å²) in [5.74, 6) is -1.52. The molecule has 11 heteroatoms. The number of carbonyl (C=O) groups excluding carboxylic acids is 1. The number of carbonyl (C=O) groups is 1. The Hall–Kier alpha value is -3.28. The molecule has 3 rings (SSSR count). The lowest BCUT2D eigenvalue weighted by Gasteiger charge is -2.17. The molecule has 1 atom stereocenters. The van der Waals surface area contributed by atoms with Crippen LogP contribution in [0.25, 0.3) is 11.1 Å². The fraction of sp³-hybridized carbons (Fsp3) is 0.208. The summed E-state index contributed by atoms with van der Waals surface area (Å²) in [6.07, 6.45) is -4.44. The lowest BCUT2D eigenvalue weighted by atomic mass is 10.0. The SMILES string of the molecule is COC[C@H](NS(=O)(=O)c1ccc(F)cc1)C(=O)OCc1cccc(-c2ccc(C(F)(F)F)cc2)c1. The minimum Gasteiger partial charge on any atom is -0.460 e. The van der Waals surface area contributed by atoms with Crippen LogP contribution in [0.4, 0.5) is 17.6 Å². The maximum absolute atomic E-state index is 13.1. The molecular weight excluding hydrogens is 490 g/mol. The van der Waals surface area contributed by atoms with Crippen molar-refractivity contribution in [2.24, 2.45) is 0 Å². The van der Waals surface area contributed by atoms with Crippen LogP contribution in [0.1, 0.15) is 11.1 Å². The van der Waals surface area contributed by atoms with E-state index in [4.69, 9.17) is 9.47 Å². The standard InChI is InChI=1S/C24H21F4NO5S/c1-33-15-22(29-35(31,32)21-11-9-20(25)10-12-21)23(30)34-14-16-3-2-4-18(13-16)17-5-7-19(8-6-17)24(26,27)28/h2-13,22,29H,14-15H2,1H3/t22-/m0/s1. The van der Waals surface area contributed by atoms with Crippen LogP contribution in [-0.4, -0.2) is 34.1 Å². The number of sulfonamides is 1. The molecule has 0 aromatic heterocycles. The molecule has 0 aliphatic rings. The summed E-state index contributed by atoms with van der Waals surface area (Å²) in [4.78, 5) is 12.3. The maximum Gasteiger partial charge on any atom is 0.416 e. The summed E-state index contributed by atoms with van der Waals surface area (Å²) in [5.41, 5.74) is 0.917. The lowest BCUT2D eigenvalue weighted by Crippen LogP contribution is -2.44. The van der Waals surface area contributed by atoms with E-state index in [0.717, 1.165) is 36.4 Å². The van der Waals surface area contributed by atoms with E-state index in [2.05, 4.69) is 4.72 Å². The van der Waals surface area contributed by atoms with Gasteiger partial charge in [-0.15, -0.1) is 0 Å². The second-order valence-corrected chi connectivity index (χ2v) is 9.18. The zero-order valence-corrected chi connectivity index (χ0v) is 19.2. The topological polar surface area (TPSA) is 81.7 Å². The predicted molar refractivity (Wildman–Crippen MR) is 119 cm³/mol. The van der Waals surface area contributed by atoms with Crippen molar-refractivity contribution in [3.05, 3.63) is 89.7 Å². The average Bonchev–Trinajstić information content (AvgIpc) is 2.82. The summed E-state index contributed by atoms with van der Waals surface area (Å²) >= 11 is 0. The first-order valence-electron chi connectivity index (χ1n) is 10.2. The molecule has 1 N–H and O–H groups in total. The van der Waals surface area contributed by atoms with Crippen molar-refractivity contribution in [2.45, 2.75) is 23.7 Å². The van der Waals surface area contributed by atoms with Gasteiger partial charge in [0.05, 0.1) is 17.1 Å². The Morgan fingerprint density at radius 2 is 1.63 bits per heavy atom. The zero-order valence-electron chi connectivity index (χ0n) is 18.4. The van der Waals surface area contributed by atoms with Gasteiger partial charge in [0, 0.05) is 7.11 Å². The van der Waals surface area contributed by atoms with Crippen LogP contribution in [0.15, 0.2) is 77.7 Å². The number of methoxy groups -OCH3 is 1. The van der Waals surface area contributed by atoms with Crippen molar-refractivity contribution in [3.63, 3.8) is 0 Å². The Morgan fingerprint density at radius 1 is 0.971 bits per heavy atom. The van der Waals surface area contributed by atoms with Gasteiger partial charge >= 0.3 is 12.1 Å². The Kier molecular flexibility index (Phi) is 8.26. The molecule has 3 aromatic carbocycles. The Balaban J connectivity index is 1.68. The average molecular weight is 511 g/mol. The Labute approximate surface area is 199 Å². The Morgan fingerprint density at radius 3 is 2.23 bits per heavy atom. The molecule has 0 saturated carbocycles. The van der Waals surface area contributed by atoms with E-state index in [1.54, 1.807) is 24.3 Å². The molecule has 0 fully saturated rings. The first kappa shape index (κ1) is 26.3. The normalized spacial score (nSPS) is 12.8. The molecule has 0 spiro atoms. The molecule has 0 amide bonds. The second-order valence-electron chi connectivity index (χ2n) is 7.47. The molecule has 0 heterocycles. The molecule has 0 aliphatic heterocycles. The van der Waals surface area contributed by atoms with Crippen LogP contribution < -0.4 is 4.72 Å². The molecule has 0 aliphatic carbocycles. The number of hydrogen-bond acceptors (Lipinski definition) is 5. The highest BCUT2D eigenvalue weighted by atomic mass is 32.2. The quantitative estimate of drug-likeness (QED) is 0.337. The third-order valence-corrected chi connectivity index (χ3v) is 6.38. The molecule has 0 saturated heterocycles. The van der Waals surface area contributed by atoms with Gasteiger partial charge in [-0.1, -0.05) is 30.3 Å². The van der Waals surface area contributed by atoms with Gasteiger partial charge in [0.2, 0.25) is 10.0 Å². The second kappa shape index (κ2) is 11.0. The van der Waals surface area contributed by atoms with Crippen LogP contribution in [-0.2, 0) is 37.1 Å². The number of esters is 1. The smallest absolute Gasteiger partial charge is 0.416 e. The van der Waals surface area contributed by atoms with Crippen LogP contribution in [0.5, 0.6) is 0 Å². The lowest BCUT2D eigenvalue weighted by molar-refractivity contribution is -0.148. The maximum atomic E-state index is 13.1. The molecule has 186 valence electrons. The van der Waals surface area contributed by atoms with E-state index < -0.39 is 39.6 Å². The summed E-state index contributed by atoms with van der Waals surface area (Å²) < 4.78 is 88.8. The fourth-order valence-electron chi connectivity index (χ4n) is 3.13. The van der Waals surface area contributed by atoms with Crippen molar-refractivity contribution in [1.82, 2.24) is 4.72 Å². The van der Waals surface area contributed by atoms with Crippen molar-refractivity contribution >= 4 is 16.0 Å². The van der Waals surface area contributed by atoms with Gasteiger partial charge in [-0.2, -0.15) is 17.9 Å². The van der Waals surface area contributed by atoms with Crippen molar-refractivity contribution in [2.75, 3.05) is 13.7 Å². The summed E-state index contributed by atoms with van der Waals surface area (Å²) in [6.45, 7) is -0.531. The van der Waals surface area contributed by atoms with Crippen LogP contribution >= 0.6 is 0 Å². The van der Waals surface area contributed by atoms with Crippen molar-refractivity contribution in [3.8, 4) is 11.1 Å². The number of hydrogen-bond donors (Lipinski definition) is 1. The van der Waals surface area contributed by atoms with E-state index in [1.807, 2.05) is 0 Å². The number of alkyl halides is 3. The zero-order chi connectivity index (χ0) is 25.6. The first-order chi connectivity index (χ1) is 16.5. The van der Waals surface area contributed by atoms with Crippen LogP contribution in [0, 0.1) is 5.82 Å². The van der Waals surface area contributed by atoms with Gasteiger partial charge in [-0.25, -0.2) is 12.8 Å². The molecule has 0 unspecified atom stereocenters. The monoisotopic (exact) mass is 511 g/mol. The van der Waals surface area contributed by atoms with Crippen molar-refractivity contribution < 1.29 is 40.2 Å². The number of benzene rings is 3. The highest BCUT2D eigenvalue weighted by Crippen LogP contribution is 2.31. The highest BCUT2D eigenvalue weighted by molar-refractivity contribution is 7.89. The van der Waals surface area contributed by atoms with Gasteiger partial charge in [-0.05, 0) is 59.2 Å². The van der Waals surface area contributed by atoms with Gasteiger partial charge in [0.25, 0.3) is 0 Å². The molecule has 0 bridgehead atoms. The third kappa shape index (κ3) is 7.10. The molecule has 3 aromatic rings. The minimum absolute atomic E-state index is 0.216. The third-order valence-electron chi connectivity index (χ3n) is 4.89. The molecule has 35 heavy (non-hydrogen) atoms. The minimum atomic E-state index is -4.44. The number of ether oxygens (including phenoxy) is 2. The van der Waals surface area contributed by atoms with Gasteiger partial charge < -0.3 is 9.47 Å². The van der Waals surface area contributed by atoms with Gasteiger partial charge in [-0.3, -0.25) is 4.79 Å². The van der Waals surface area contributed by atoms with Crippen molar-refractivity contribution in [1.29, 1.82) is 0 Å². The molecule has 6 nitrogen and oxygen atoms in total. The molecule has 0 radical (unpaired) electrons. The van der Waals surface area contributed by atoms with Crippen LogP contribution in [0.2, 0.25) is 0 Å². The summed E-state index contributed by atoms with van der Waals surface area (Å²) in [6, 6.07) is 14.0. The number of halogens is 4. The van der Waals surface area contributed by atoms with Crippen LogP contribution in [0.3, 0.4) is 0 Å². The summed E-state index contributed by atoms with van der Waals surface area (Å²) in [5, 5.41) is 0. The van der Waals surface area contributed by atoms with E-state index >= 15 is 0 Å². The van der Waals surface area contributed by atoms with E-state index in [0.29, 0.717) is 16.7 Å². The Bertz CT molecular complexity index is 1260. The molecular formula is C24H21F4NO5S. The number of nitrogens with one attached hydrogen (secondary N) is 1. The summed E-state index contributed by atoms with van der Waals surface area (Å²) in [7, 11) is -2.88. The predicted octanol–water partition coefficient (Wildman–Crippen LogP) is 4.55. The van der Waals surface area contributed by atoms with E-state index in [1.165, 1.54) is 19.2 Å². The van der Waals surface area contributed by atoms with E-state index in [9.17, 15) is 30.8 Å². The van der Waals surface area contributed by atoms with Gasteiger partial charge in [0.1, 0.15) is 18.5 Å². The first-order valence-corrected chi connectivity index (χ1v) is 11.7. The highest BCUT2D eigenvalue weighted by Gasteiger charge is 2.30. The van der Waals surface area contributed by atoms with Gasteiger partial charge in [0.15, 0.2) is 0 Å². The van der Waals surface area contributed by atoms with E-state index in [-0.39, 0.29) is 18.1 Å². The largest absolute Gasteiger partial charge is 0.460 e. The number of rotatable bonds is 9. The fourth-order valence-corrected chi connectivity index (χ4v) is 4.30.